The first-order valence-corrected chi connectivity index (χ1v) is 11.3. The maximum Gasteiger partial charge on any atom is 0.446 e. The van der Waals surface area contributed by atoms with Gasteiger partial charge in [0.1, 0.15) is 11.4 Å². The first kappa shape index (κ1) is 22.5. The number of rotatable bonds is 4. The van der Waals surface area contributed by atoms with Crippen molar-refractivity contribution >= 4 is 33.8 Å². The van der Waals surface area contributed by atoms with Crippen LogP contribution in [0.2, 0.25) is 0 Å². The second kappa shape index (κ2) is 8.70. The Kier molecular flexibility index (Phi) is 6.12. The van der Waals surface area contributed by atoms with Gasteiger partial charge in [-0.1, -0.05) is 16.9 Å². The molecule has 0 spiro atoms. The smallest absolute Gasteiger partial charge is 0.444 e. The number of aromatic nitrogens is 4. The Morgan fingerprint density at radius 3 is 2.81 bits per heavy atom. The Balaban J connectivity index is 1.55. The van der Waals surface area contributed by atoms with Crippen molar-refractivity contribution < 1.29 is 23.1 Å². The van der Waals surface area contributed by atoms with Crippen molar-refractivity contribution in [2.75, 3.05) is 13.1 Å². The van der Waals surface area contributed by atoms with Crippen LogP contribution in [0.1, 0.15) is 27.2 Å². The number of likely N-dealkylation sites (tertiary alicyclic amines) is 1. The van der Waals surface area contributed by atoms with E-state index in [0.717, 1.165) is 4.57 Å². The molecule has 1 saturated heterocycles. The van der Waals surface area contributed by atoms with Gasteiger partial charge in [-0.05, 0) is 71.6 Å². The van der Waals surface area contributed by atoms with Crippen LogP contribution in [0.3, 0.4) is 0 Å². The predicted octanol–water partition coefficient (Wildman–Crippen LogP) is 3.88. The third-order valence-corrected chi connectivity index (χ3v) is 6.33. The van der Waals surface area contributed by atoms with Gasteiger partial charge in [0, 0.05) is 18.3 Å². The van der Waals surface area contributed by atoms with Crippen molar-refractivity contribution in [1.29, 1.82) is 0 Å². The van der Waals surface area contributed by atoms with E-state index in [9.17, 15) is 14.0 Å². The number of carbonyl (C=O) groups excluding carboxylic acids is 1. The summed E-state index contributed by atoms with van der Waals surface area (Å²) in [7, 11) is 0. The second-order valence-electron chi connectivity index (χ2n) is 8.08. The SMILES string of the molecule is CC(C)(C)OC(=O)N1CC[C@H](Sc2nonc2-c2noc(=O)n2-c2ccc(F)c(Br)c2)C1. The molecule has 0 N–H and O–H groups in total. The number of hydrogen-bond acceptors (Lipinski definition) is 9. The van der Waals surface area contributed by atoms with E-state index in [0.29, 0.717) is 30.2 Å². The van der Waals surface area contributed by atoms with Crippen molar-refractivity contribution in [3.63, 3.8) is 0 Å². The molecule has 170 valence electrons. The highest BCUT2D eigenvalue weighted by Gasteiger charge is 2.32. The second-order valence-corrected chi connectivity index (χ2v) is 10.2. The summed E-state index contributed by atoms with van der Waals surface area (Å²) in [5, 5.41) is 12.0. The number of hydrogen-bond donors (Lipinski definition) is 0. The number of benzene rings is 1. The maximum atomic E-state index is 13.6. The molecule has 0 unspecified atom stereocenters. The van der Waals surface area contributed by atoms with Crippen molar-refractivity contribution in [2.24, 2.45) is 0 Å². The minimum absolute atomic E-state index is 0.0141. The topological polar surface area (TPSA) is 116 Å². The molecule has 3 aromatic rings. The zero-order valence-electron chi connectivity index (χ0n) is 17.4. The molecule has 1 atom stereocenters. The molecule has 1 aliphatic rings. The first-order valence-electron chi connectivity index (χ1n) is 9.64. The number of nitrogens with zero attached hydrogens (tertiary/aromatic N) is 5. The van der Waals surface area contributed by atoms with Crippen molar-refractivity contribution in [3.8, 4) is 17.2 Å². The number of thioether (sulfide) groups is 1. The molecule has 10 nitrogen and oxygen atoms in total. The lowest BCUT2D eigenvalue weighted by atomic mass is 10.2. The minimum atomic E-state index is -0.769. The number of ether oxygens (including phenoxy) is 1. The molecule has 0 bridgehead atoms. The van der Waals surface area contributed by atoms with Crippen LogP contribution in [0.4, 0.5) is 9.18 Å². The van der Waals surface area contributed by atoms with E-state index < -0.39 is 17.2 Å². The van der Waals surface area contributed by atoms with Gasteiger partial charge in [0.05, 0.1) is 10.2 Å². The molecule has 1 aromatic carbocycles. The molecule has 0 radical (unpaired) electrons. The minimum Gasteiger partial charge on any atom is -0.444 e. The summed E-state index contributed by atoms with van der Waals surface area (Å²) in [4.78, 5) is 26.2. The average Bonchev–Trinajstić information content (AvgIpc) is 3.43. The van der Waals surface area contributed by atoms with Gasteiger partial charge >= 0.3 is 11.8 Å². The zero-order valence-corrected chi connectivity index (χ0v) is 19.8. The van der Waals surface area contributed by atoms with E-state index in [1.54, 1.807) is 4.90 Å². The van der Waals surface area contributed by atoms with E-state index in [4.69, 9.17) is 13.9 Å². The molecule has 0 saturated carbocycles. The molecule has 32 heavy (non-hydrogen) atoms. The summed E-state index contributed by atoms with van der Waals surface area (Å²) < 4.78 is 30.1. The van der Waals surface area contributed by atoms with Crippen LogP contribution in [-0.2, 0) is 4.74 Å². The molecule has 4 rings (SSSR count). The van der Waals surface area contributed by atoms with Crippen molar-refractivity contribution in [3.05, 3.63) is 39.0 Å². The molecule has 13 heteroatoms. The number of amides is 1. The van der Waals surface area contributed by atoms with Gasteiger partial charge in [-0.2, -0.15) is 0 Å². The Labute approximate surface area is 194 Å². The normalized spacial score (nSPS) is 16.5. The molecule has 1 fully saturated rings. The lowest BCUT2D eigenvalue weighted by Gasteiger charge is -2.24. The van der Waals surface area contributed by atoms with Gasteiger partial charge < -0.3 is 9.64 Å². The van der Waals surface area contributed by atoms with E-state index >= 15 is 0 Å². The van der Waals surface area contributed by atoms with E-state index in [-0.39, 0.29) is 27.3 Å². The van der Waals surface area contributed by atoms with E-state index in [1.165, 1.54) is 30.0 Å². The number of carbonyl (C=O) groups is 1. The fourth-order valence-corrected chi connectivity index (χ4v) is 4.60. The first-order chi connectivity index (χ1) is 15.1. The van der Waals surface area contributed by atoms with E-state index in [2.05, 4.69) is 31.4 Å². The summed E-state index contributed by atoms with van der Waals surface area (Å²) in [6.45, 7) is 6.46. The van der Waals surface area contributed by atoms with Crippen LogP contribution in [0.15, 0.2) is 41.6 Å². The molecule has 3 heterocycles. The highest BCUT2D eigenvalue weighted by Crippen LogP contribution is 2.35. The van der Waals surface area contributed by atoms with Gasteiger partial charge in [-0.15, -0.1) is 0 Å². The highest BCUT2D eigenvalue weighted by atomic mass is 79.9. The largest absolute Gasteiger partial charge is 0.446 e. The van der Waals surface area contributed by atoms with Crippen LogP contribution in [-0.4, -0.2) is 55.0 Å². The van der Waals surface area contributed by atoms with Gasteiger partial charge in [0.25, 0.3) is 0 Å². The Bertz CT molecular complexity index is 1200. The van der Waals surface area contributed by atoms with Gasteiger partial charge in [0.2, 0.25) is 5.82 Å². The summed E-state index contributed by atoms with van der Waals surface area (Å²) in [6.07, 6.45) is 0.346. The van der Waals surface area contributed by atoms with Crippen LogP contribution in [0, 0.1) is 5.82 Å². The highest BCUT2D eigenvalue weighted by molar-refractivity contribution is 9.10. The summed E-state index contributed by atoms with van der Waals surface area (Å²) in [5.41, 5.74) is -0.0373. The van der Waals surface area contributed by atoms with Crippen LogP contribution >= 0.6 is 27.7 Å². The lowest BCUT2D eigenvalue weighted by Crippen LogP contribution is -2.35. The van der Waals surface area contributed by atoms with E-state index in [1.807, 2.05) is 20.8 Å². The molecule has 0 aliphatic carbocycles. The molecular formula is C19H19BrFN5O5S. The fourth-order valence-electron chi connectivity index (χ4n) is 3.12. The standard InChI is InChI=1S/C19H19BrFN5O5S/c1-19(2,3)29-17(27)25-7-6-11(9-25)32-16-14(22-31-24-16)15-23-30-18(28)26(15)10-4-5-13(21)12(20)8-10/h4-5,8,11H,6-7,9H2,1-3H3/t11-/m0/s1. The van der Waals surface area contributed by atoms with Gasteiger partial charge in [0.15, 0.2) is 10.7 Å². The average molecular weight is 528 g/mol. The maximum absolute atomic E-state index is 13.6. The van der Waals surface area contributed by atoms with Gasteiger partial charge in [-0.25, -0.2) is 23.2 Å². The van der Waals surface area contributed by atoms with Gasteiger partial charge in [-0.3, -0.25) is 4.52 Å². The van der Waals surface area contributed by atoms with Crippen LogP contribution < -0.4 is 5.76 Å². The Morgan fingerprint density at radius 1 is 1.31 bits per heavy atom. The quantitative estimate of drug-likeness (QED) is 0.497. The molecule has 2 aromatic heterocycles. The number of halogens is 2. The summed E-state index contributed by atoms with van der Waals surface area (Å²) in [6, 6.07) is 4.05. The predicted molar refractivity (Wildman–Crippen MR) is 115 cm³/mol. The van der Waals surface area contributed by atoms with Crippen LogP contribution in [0.5, 0.6) is 0 Å². The Hall–Kier alpha value is -2.67. The third kappa shape index (κ3) is 4.72. The Morgan fingerprint density at radius 2 is 2.09 bits per heavy atom. The van der Waals surface area contributed by atoms with Crippen LogP contribution in [0.25, 0.3) is 17.2 Å². The fraction of sp³-hybridized carbons (Fsp3) is 0.421. The zero-order chi connectivity index (χ0) is 23.0. The molecular weight excluding hydrogens is 509 g/mol. The third-order valence-electron chi connectivity index (χ3n) is 4.51. The monoisotopic (exact) mass is 527 g/mol. The van der Waals surface area contributed by atoms with Crippen molar-refractivity contribution in [2.45, 2.75) is 43.1 Å². The molecule has 1 aliphatic heterocycles. The summed E-state index contributed by atoms with van der Waals surface area (Å²) >= 11 is 4.46. The molecule has 1 amide bonds. The van der Waals surface area contributed by atoms with Crippen molar-refractivity contribution in [1.82, 2.24) is 24.9 Å². The summed E-state index contributed by atoms with van der Waals surface area (Å²) in [5.74, 6) is -1.18. The lowest BCUT2D eigenvalue weighted by molar-refractivity contribution is 0.0295.